The number of esters is 1. The molecule has 6 nitrogen and oxygen atoms in total. The van der Waals surface area contributed by atoms with Crippen molar-refractivity contribution in [1.29, 1.82) is 0 Å². The number of carbonyl (C=O) groups excluding carboxylic acids is 1. The van der Waals surface area contributed by atoms with E-state index < -0.39 is 35.2 Å². The maximum absolute atomic E-state index is 12.3. The molecule has 2 aliphatic carbocycles. The molecule has 0 aliphatic heterocycles. The summed E-state index contributed by atoms with van der Waals surface area (Å²) in [6, 6.07) is 0. The molecule has 0 aromatic heterocycles. The molecule has 6 heteroatoms. The quantitative estimate of drug-likeness (QED) is 0.308. The van der Waals surface area contributed by atoms with Crippen molar-refractivity contribution in [2.45, 2.75) is 39.0 Å². The molecule has 0 spiro atoms. The lowest BCUT2D eigenvalue weighted by molar-refractivity contribution is -0.179. The van der Waals surface area contributed by atoms with Gasteiger partial charge in [0.1, 0.15) is 0 Å². The number of carboxylic acid groups (broad SMARTS) is 2. The topological polar surface area (TPSA) is 101 Å². The maximum Gasteiger partial charge on any atom is 0.322 e. The van der Waals surface area contributed by atoms with Crippen LogP contribution in [-0.4, -0.2) is 34.7 Å². The molecule has 0 aromatic carbocycles. The van der Waals surface area contributed by atoms with Crippen LogP contribution in [0.4, 0.5) is 0 Å². The van der Waals surface area contributed by atoms with Crippen LogP contribution in [0.15, 0.2) is 12.2 Å². The van der Waals surface area contributed by atoms with Gasteiger partial charge in [-0.25, -0.2) is 0 Å². The van der Waals surface area contributed by atoms with Crippen molar-refractivity contribution in [2.24, 2.45) is 23.2 Å². The second-order valence-electron chi connectivity index (χ2n) is 6.08. The van der Waals surface area contributed by atoms with Gasteiger partial charge in [0.25, 0.3) is 0 Å². The van der Waals surface area contributed by atoms with Crippen LogP contribution in [0.1, 0.15) is 39.0 Å². The van der Waals surface area contributed by atoms with E-state index >= 15 is 0 Å². The van der Waals surface area contributed by atoms with Gasteiger partial charge in [0.2, 0.25) is 0 Å². The third-order valence-corrected chi connectivity index (χ3v) is 4.82. The van der Waals surface area contributed by atoms with Gasteiger partial charge < -0.3 is 14.9 Å². The van der Waals surface area contributed by atoms with Crippen LogP contribution >= 0.6 is 0 Å². The Hall–Kier alpha value is -1.85. The van der Waals surface area contributed by atoms with E-state index in [0.29, 0.717) is 12.8 Å². The summed E-state index contributed by atoms with van der Waals surface area (Å²) in [5.74, 6) is -5.75. The lowest BCUT2D eigenvalue weighted by Crippen LogP contribution is -2.51. The minimum absolute atomic E-state index is 0.214. The largest absolute Gasteiger partial charge is 0.480 e. The minimum Gasteiger partial charge on any atom is -0.480 e. The van der Waals surface area contributed by atoms with Gasteiger partial charge in [-0.1, -0.05) is 38.3 Å². The molecule has 122 valence electrons. The number of hydrogen-bond donors (Lipinski definition) is 2. The maximum atomic E-state index is 12.3. The van der Waals surface area contributed by atoms with E-state index in [1.54, 1.807) is 12.2 Å². The first-order valence-corrected chi connectivity index (χ1v) is 7.78. The van der Waals surface area contributed by atoms with Gasteiger partial charge in [-0.15, -0.1) is 0 Å². The third-order valence-electron chi connectivity index (χ3n) is 4.82. The SMILES string of the molecule is CCCCCCOC(=O)C1C2C=CC(C2)C1(C(=O)O)C(=O)O. The summed E-state index contributed by atoms with van der Waals surface area (Å²) in [6.07, 6.45) is 7.49. The number of ether oxygens (including phenoxy) is 1. The molecule has 3 atom stereocenters. The molecule has 0 saturated heterocycles. The number of hydrogen-bond acceptors (Lipinski definition) is 4. The zero-order chi connectivity index (χ0) is 16.3. The fourth-order valence-corrected chi connectivity index (χ4v) is 3.71. The number of carboxylic acids is 2. The summed E-state index contributed by atoms with van der Waals surface area (Å²) < 4.78 is 5.18. The summed E-state index contributed by atoms with van der Waals surface area (Å²) in [5, 5.41) is 19.0. The third kappa shape index (κ3) is 2.51. The van der Waals surface area contributed by atoms with Crippen LogP contribution in [0.3, 0.4) is 0 Å². The van der Waals surface area contributed by atoms with Crippen LogP contribution in [0, 0.1) is 23.2 Å². The molecule has 1 fully saturated rings. The van der Waals surface area contributed by atoms with Crippen molar-refractivity contribution in [3.63, 3.8) is 0 Å². The van der Waals surface area contributed by atoms with Gasteiger partial charge in [0, 0.05) is 5.92 Å². The van der Waals surface area contributed by atoms with E-state index in [9.17, 15) is 24.6 Å². The Morgan fingerprint density at radius 2 is 1.82 bits per heavy atom. The molecular weight excluding hydrogens is 288 g/mol. The first-order valence-electron chi connectivity index (χ1n) is 7.78. The first-order chi connectivity index (χ1) is 10.5. The second kappa shape index (κ2) is 6.50. The highest BCUT2D eigenvalue weighted by Crippen LogP contribution is 2.57. The Balaban J connectivity index is 2.10. The van der Waals surface area contributed by atoms with Crippen molar-refractivity contribution in [1.82, 2.24) is 0 Å². The molecule has 22 heavy (non-hydrogen) atoms. The highest BCUT2D eigenvalue weighted by atomic mass is 16.5. The van der Waals surface area contributed by atoms with Crippen molar-refractivity contribution < 1.29 is 29.3 Å². The van der Waals surface area contributed by atoms with Crippen molar-refractivity contribution in [3.05, 3.63) is 12.2 Å². The summed E-state index contributed by atoms with van der Waals surface area (Å²) in [7, 11) is 0. The molecule has 3 unspecified atom stereocenters. The predicted molar refractivity (Wildman–Crippen MR) is 77.0 cm³/mol. The molecule has 2 aliphatic rings. The fourth-order valence-electron chi connectivity index (χ4n) is 3.71. The van der Waals surface area contributed by atoms with E-state index in [1.807, 2.05) is 0 Å². The first kappa shape index (κ1) is 16.5. The Morgan fingerprint density at radius 1 is 1.14 bits per heavy atom. The molecule has 2 bridgehead atoms. The molecular formula is C16H22O6. The Kier molecular flexibility index (Phi) is 4.88. The van der Waals surface area contributed by atoms with Gasteiger partial charge in [0.15, 0.2) is 5.41 Å². The summed E-state index contributed by atoms with van der Waals surface area (Å²) in [5.41, 5.74) is -2.08. The number of fused-ring (bicyclic) bond motifs is 2. The van der Waals surface area contributed by atoms with E-state index in [1.165, 1.54) is 0 Å². The van der Waals surface area contributed by atoms with Crippen molar-refractivity contribution in [3.8, 4) is 0 Å². The van der Waals surface area contributed by atoms with Gasteiger partial charge >= 0.3 is 17.9 Å². The Labute approximate surface area is 129 Å². The van der Waals surface area contributed by atoms with E-state index in [2.05, 4.69) is 6.92 Å². The van der Waals surface area contributed by atoms with Crippen molar-refractivity contribution in [2.75, 3.05) is 6.61 Å². The Bertz CT molecular complexity index is 481. The Morgan fingerprint density at radius 3 is 2.41 bits per heavy atom. The average molecular weight is 310 g/mol. The molecule has 0 radical (unpaired) electrons. The summed E-state index contributed by atoms with van der Waals surface area (Å²) >= 11 is 0. The van der Waals surface area contributed by atoms with Gasteiger partial charge in [-0.2, -0.15) is 0 Å². The number of rotatable bonds is 8. The van der Waals surface area contributed by atoms with Gasteiger partial charge in [0.05, 0.1) is 12.5 Å². The van der Waals surface area contributed by atoms with Crippen LogP contribution in [-0.2, 0) is 19.1 Å². The highest BCUT2D eigenvalue weighted by molar-refractivity contribution is 6.04. The van der Waals surface area contributed by atoms with Crippen LogP contribution < -0.4 is 0 Å². The monoisotopic (exact) mass is 310 g/mol. The number of unbranched alkanes of at least 4 members (excludes halogenated alkanes) is 3. The van der Waals surface area contributed by atoms with Crippen LogP contribution in [0.5, 0.6) is 0 Å². The molecule has 0 aromatic rings. The molecule has 2 N–H and O–H groups in total. The number of aliphatic carboxylic acids is 2. The van der Waals surface area contributed by atoms with Crippen molar-refractivity contribution >= 4 is 17.9 Å². The summed E-state index contributed by atoms with van der Waals surface area (Å²) in [6.45, 7) is 2.29. The fraction of sp³-hybridized carbons (Fsp3) is 0.688. The lowest BCUT2D eigenvalue weighted by atomic mass is 9.68. The number of allylic oxidation sites excluding steroid dienone is 2. The minimum atomic E-state index is -2.08. The zero-order valence-corrected chi connectivity index (χ0v) is 12.7. The molecule has 0 heterocycles. The van der Waals surface area contributed by atoms with E-state index in [-0.39, 0.29) is 12.5 Å². The lowest BCUT2D eigenvalue weighted by Gasteiger charge is -2.32. The van der Waals surface area contributed by atoms with Crippen LogP contribution in [0.2, 0.25) is 0 Å². The van der Waals surface area contributed by atoms with Gasteiger partial charge in [-0.05, 0) is 18.8 Å². The number of carbonyl (C=O) groups is 3. The van der Waals surface area contributed by atoms with Crippen LogP contribution in [0.25, 0.3) is 0 Å². The molecule has 2 rings (SSSR count). The second-order valence-corrected chi connectivity index (χ2v) is 6.08. The molecule has 0 amide bonds. The normalized spacial score (nSPS) is 27.8. The zero-order valence-electron chi connectivity index (χ0n) is 12.7. The van der Waals surface area contributed by atoms with Gasteiger partial charge in [-0.3, -0.25) is 14.4 Å². The smallest absolute Gasteiger partial charge is 0.322 e. The standard InChI is InChI=1S/C16H22O6/c1-2-3-4-5-8-22-13(17)12-10-6-7-11(9-10)16(12,14(18)19)15(20)21/h6-7,10-12H,2-5,8-9H2,1H3,(H,18,19)(H,20,21). The summed E-state index contributed by atoms with van der Waals surface area (Å²) in [4.78, 5) is 35.6. The average Bonchev–Trinajstić information content (AvgIpc) is 3.05. The van der Waals surface area contributed by atoms with E-state index in [0.717, 1.165) is 19.3 Å². The van der Waals surface area contributed by atoms with E-state index in [4.69, 9.17) is 4.74 Å². The highest BCUT2D eigenvalue weighted by Gasteiger charge is 2.68. The predicted octanol–water partition coefficient (Wildman–Crippen LogP) is 2.09. The molecule has 1 saturated carbocycles.